The van der Waals surface area contributed by atoms with Gasteiger partial charge >= 0.3 is 0 Å². The van der Waals surface area contributed by atoms with Gasteiger partial charge in [-0.1, -0.05) is 0 Å². The maximum absolute atomic E-state index is 13.2. The molecule has 1 aliphatic carbocycles. The molecule has 0 spiro atoms. The molecule has 2 rings (SSSR count). The second kappa shape index (κ2) is 3.95. The normalized spacial score (nSPS) is 17.9. The van der Waals surface area contributed by atoms with Crippen molar-refractivity contribution in [2.24, 2.45) is 5.73 Å². The van der Waals surface area contributed by atoms with Crippen LogP contribution in [0.15, 0.2) is 18.2 Å². The van der Waals surface area contributed by atoms with Crippen molar-refractivity contribution < 1.29 is 13.5 Å². The second-order valence-corrected chi connectivity index (χ2v) is 4.95. The van der Waals surface area contributed by atoms with E-state index >= 15 is 0 Å². The Bertz CT molecular complexity index is 422. The molecule has 1 aliphatic rings. The molecule has 0 radical (unpaired) electrons. The molecule has 0 saturated heterocycles. The topological polar surface area (TPSA) is 35.2 Å². The van der Waals surface area contributed by atoms with Crippen molar-refractivity contribution in [1.29, 1.82) is 0 Å². The zero-order valence-electron chi connectivity index (χ0n) is 10.1. The molecule has 1 fully saturated rings. The first-order valence-corrected chi connectivity index (χ1v) is 5.68. The summed E-state index contributed by atoms with van der Waals surface area (Å²) in [6, 6.07) is 4.50. The molecule has 4 heteroatoms. The smallest absolute Gasteiger partial charge is 0.270 e. The van der Waals surface area contributed by atoms with Crippen molar-refractivity contribution in [1.82, 2.24) is 0 Å². The van der Waals surface area contributed by atoms with Crippen LogP contribution in [0.2, 0.25) is 0 Å². The Kier molecular flexibility index (Phi) is 2.86. The van der Waals surface area contributed by atoms with Gasteiger partial charge in [-0.2, -0.15) is 0 Å². The van der Waals surface area contributed by atoms with Gasteiger partial charge in [0.2, 0.25) is 0 Å². The average Bonchev–Trinajstić information content (AvgIpc) is 2.94. The first kappa shape index (κ1) is 12.3. The number of benzene rings is 1. The summed E-state index contributed by atoms with van der Waals surface area (Å²) in [4.78, 5) is 0. The lowest BCUT2D eigenvalue weighted by atomic mass is 9.99. The summed E-state index contributed by atoms with van der Waals surface area (Å²) < 4.78 is 31.7. The predicted molar refractivity (Wildman–Crippen MR) is 62.4 cm³/mol. The van der Waals surface area contributed by atoms with Crippen LogP contribution in [0.5, 0.6) is 5.75 Å². The highest BCUT2D eigenvalue weighted by molar-refractivity contribution is 5.40. The van der Waals surface area contributed by atoms with Crippen LogP contribution in [-0.2, 0) is 12.3 Å². The Morgan fingerprint density at radius 3 is 2.53 bits per heavy atom. The maximum Gasteiger partial charge on any atom is 0.270 e. The second-order valence-electron chi connectivity index (χ2n) is 4.95. The molecule has 0 amide bonds. The highest BCUT2D eigenvalue weighted by atomic mass is 19.3. The summed E-state index contributed by atoms with van der Waals surface area (Å²) in [6.45, 7) is 0.897. The van der Waals surface area contributed by atoms with Crippen molar-refractivity contribution in [3.8, 4) is 5.75 Å². The fourth-order valence-electron chi connectivity index (χ4n) is 1.91. The highest BCUT2D eigenvalue weighted by Gasteiger charge is 2.39. The van der Waals surface area contributed by atoms with Crippen LogP contribution < -0.4 is 10.5 Å². The molecule has 1 aromatic rings. The van der Waals surface area contributed by atoms with E-state index in [9.17, 15) is 8.78 Å². The summed E-state index contributed by atoms with van der Waals surface area (Å²) in [7, 11) is 1.54. The van der Waals surface area contributed by atoms with Crippen LogP contribution in [0.4, 0.5) is 8.78 Å². The number of halogens is 2. The van der Waals surface area contributed by atoms with Gasteiger partial charge in [-0.25, -0.2) is 8.78 Å². The number of rotatable bonds is 4. The Hall–Kier alpha value is -1.16. The van der Waals surface area contributed by atoms with E-state index in [0.29, 0.717) is 12.2 Å². The van der Waals surface area contributed by atoms with E-state index in [1.54, 1.807) is 13.2 Å². The minimum atomic E-state index is -2.83. The number of hydrogen-bond acceptors (Lipinski definition) is 2. The lowest BCUT2D eigenvalue weighted by Gasteiger charge is -2.17. The van der Waals surface area contributed by atoms with Gasteiger partial charge in [0.1, 0.15) is 5.75 Å². The van der Waals surface area contributed by atoms with Crippen molar-refractivity contribution >= 4 is 0 Å². The van der Waals surface area contributed by atoms with E-state index in [2.05, 4.69) is 0 Å². The lowest BCUT2D eigenvalue weighted by Crippen LogP contribution is -2.25. The summed E-state index contributed by atoms with van der Waals surface area (Å²) in [5, 5.41) is 0. The van der Waals surface area contributed by atoms with Crippen molar-refractivity contribution in [2.75, 3.05) is 7.11 Å². The van der Waals surface area contributed by atoms with Crippen LogP contribution in [0.25, 0.3) is 0 Å². The van der Waals surface area contributed by atoms with Gasteiger partial charge in [0.15, 0.2) is 0 Å². The van der Waals surface area contributed by atoms with Crippen molar-refractivity contribution in [2.45, 2.75) is 37.6 Å². The Labute approximate surface area is 99.8 Å². The Balaban J connectivity index is 2.32. The summed E-state index contributed by atoms with van der Waals surface area (Å²) in [5.74, 6) is -2.19. The zero-order chi connectivity index (χ0) is 12.7. The van der Waals surface area contributed by atoms with E-state index in [4.69, 9.17) is 10.5 Å². The summed E-state index contributed by atoms with van der Waals surface area (Å²) >= 11 is 0. The molecular formula is C13H17F2NO. The first-order chi connectivity index (χ1) is 7.84. The highest BCUT2D eigenvalue weighted by Crippen LogP contribution is 2.39. The lowest BCUT2D eigenvalue weighted by molar-refractivity contribution is 0.0173. The van der Waals surface area contributed by atoms with Gasteiger partial charge in [0.25, 0.3) is 5.92 Å². The Morgan fingerprint density at radius 1 is 1.41 bits per heavy atom. The Morgan fingerprint density at radius 2 is 2.06 bits per heavy atom. The van der Waals surface area contributed by atoms with Gasteiger partial charge in [0.05, 0.1) is 7.11 Å². The van der Waals surface area contributed by atoms with Crippen LogP contribution in [0, 0.1) is 0 Å². The summed E-state index contributed by atoms with van der Waals surface area (Å²) in [5.41, 5.74) is 6.59. The molecule has 17 heavy (non-hydrogen) atoms. The van der Waals surface area contributed by atoms with Gasteiger partial charge in [0, 0.05) is 18.0 Å². The van der Waals surface area contributed by atoms with Gasteiger partial charge in [-0.05, 0) is 43.0 Å². The maximum atomic E-state index is 13.2. The third-order valence-electron chi connectivity index (χ3n) is 3.22. The average molecular weight is 241 g/mol. The number of ether oxygens (including phenoxy) is 1. The number of nitrogens with two attached hydrogens (primary N) is 1. The molecule has 0 bridgehead atoms. The fraction of sp³-hybridized carbons (Fsp3) is 0.538. The molecule has 0 atom stereocenters. The van der Waals surface area contributed by atoms with Crippen molar-refractivity contribution in [3.63, 3.8) is 0 Å². The molecule has 0 heterocycles. The molecule has 1 aromatic carbocycles. The molecule has 1 saturated carbocycles. The number of alkyl halides is 2. The third-order valence-corrected chi connectivity index (χ3v) is 3.22. The van der Waals surface area contributed by atoms with E-state index in [-0.39, 0.29) is 11.1 Å². The standard InChI is InChI=1S/C13H17F2NO/c1-12(14,15)10-3-4-11(17-2)9(7-10)8-13(16)5-6-13/h3-4,7H,5-6,8,16H2,1-2H3. The number of hydrogen-bond donors (Lipinski definition) is 1. The van der Waals surface area contributed by atoms with E-state index < -0.39 is 5.92 Å². The van der Waals surface area contributed by atoms with E-state index in [1.165, 1.54) is 12.1 Å². The molecule has 2 nitrogen and oxygen atoms in total. The molecule has 0 unspecified atom stereocenters. The zero-order valence-corrected chi connectivity index (χ0v) is 10.1. The van der Waals surface area contributed by atoms with Crippen molar-refractivity contribution in [3.05, 3.63) is 29.3 Å². The largest absolute Gasteiger partial charge is 0.496 e. The fourth-order valence-corrected chi connectivity index (χ4v) is 1.91. The van der Waals surface area contributed by atoms with Crippen LogP contribution in [0.3, 0.4) is 0 Å². The predicted octanol–water partition coefficient (Wildman–Crippen LogP) is 2.84. The third kappa shape index (κ3) is 2.75. The molecule has 2 N–H and O–H groups in total. The monoisotopic (exact) mass is 241 g/mol. The quantitative estimate of drug-likeness (QED) is 0.879. The van der Waals surface area contributed by atoms with Crippen LogP contribution in [0.1, 0.15) is 30.9 Å². The minimum Gasteiger partial charge on any atom is -0.496 e. The molecule has 0 aliphatic heterocycles. The molecular weight excluding hydrogens is 224 g/mol. The minimum absolute atomic E-state index is 0.0116. The van der Waals surface area contributed by atoms with Gasteiger partial charge in [-0.3, -0.25) is 0 Å². The number of methoxy groups -OCH3 is 1. The molecule has 94 valence electrons. The van der Waals surface area contributed by atoms with E-state index in [1.807, 2.05) is 0 Å². The SMILES string of the molecule is COc1ccc(C(C)(F)F)cc1CC1(N)CC1. The van der Waals surface area contributed by atoms with Crippen LogP contribution in [-0.4, -0.2) is 12.6 Å². The van der Waals surface area contributed by atoms with E-state index in [0.717, 1.165) is 25.3 Å². The van der Waals surface area contributed by atoms with Crippen LogP contribution >= 0.6 is 0 Å². The summed E-state index contributed by atoms with van der Waals surface area (Å²) in [6.07, 6.45) is 2.49. The van der Waals surface area contributed by atoms with Gasteiger partial charge < -0.3 is 10.5 Å². The first-order valence-electron chi connectivity index (χ1n) is 5.68. The van der Waals surface area contributed by atoms with Gasteiger partial charge in [-0.15, -0.1) is 0 Å². The molecule has 0 aromatic heterocycles.